The Hall–Kier alpha value is -2.13. The lowest BCUT2D eigenvalue weighted by Gasteiger charge is -2.28. The summed E-state index contributed by atoms with van der Waals surface area (Å²) in [6.45, 7) is 1.42. The number of hydrogen-bond donors (Lipinski definition) is 1. The summed E-state index contributed by atoms with van der Waals surface area (Å²) in [7, 11) is 0. The number of nitrogens with two attached hydrogens (primary N) is 1. The first-order valence-electron chi connectivity index (χ1n) is 7.48. The highest BCUT2D eigenvalue weighted by Gasteiger charge is 2.23. The fourth-order valence-electron chi connectivity index (χ4n) is 2.72. The Kier molecular flexibility index (Phi) is 6.02. The average molecular weight is 376 g/mol. The number of rotatable bonds is 4. The molecule has 0 bridgehead atoms. The topological polar surface area (TPSA) is 77.0 Å². The first-order valence-corrected chi connectivity index (χ1v) is 7.48. The molecule has 3 rings (SSSR count). The number of nitrogens with zero attached hydrogens (tertiary/aromatic N) is 4. The molecule has 1 aromatic heterocycles. The Morgan fingerprint density at radius 1 is 1.20 bits per heavy atom. The van der Waals surface area contributed by atoms with Gasteiger partial charge in [0.1, 0.15) is 5.82 Å². The molecule has 0 spiro atoms. The Balaban J connectivity index is 0.00000225. The minimum Gasteiger partial charge on any atom is -0.335 e. The summed E-state index contributed by atoms with van der Waals surface area (Å²) in [6.07, 6.45) is 1.53. The van der Waals surface area contributed by atoms with Crippen LogP contribution >= 0.6 is 12.4 Å². The molecule has 1 aliphatic rings. The van der Waals surface area contributed by atoms with E-state index in [4.69, 9.17) is 5.73 Å². The lowest BCUT2D eigenvalue weighted by atomic mass is 10.0. The molecule has 0 saturated heterocycles. The van der Waals surface area contributed by atoms with E-state index in [-0.39, 0.29) is 36.7 Å². The minimum atomic E-state index is -1.25. The molecule has 1 aromatic carbocycles. The van der Waals surface area contributed by atoms with E-state index in [2.05, 4.69) is 10.3 Å². The summed E-state index contributed by atoms with van der Waals surface area (Å²) in [5, 5.41) is 7.67. The lowest BCUT2D eigenvalue weighted by Crippen LogP contribution is -2.41. The lowest BCUT2D eigenvalue weighted by molar-refractivity contribution is -0.133. The van der Waals surface area contributed by atoms with Crippen molar-refractivity contribution in [3.63, 3.8) is 0 Å². The number of amides is 1. The van der Waals surface area contributed by atoms with Gasteiger partial charge in [-0.15, -0.1) is 17.5 Å². The SMILES string of the molecule is Cl.N[C@@H](CC(=O)N1CCn2nncc2C1)Cc1cc(F)c(F)cc1F. The summed E-state index contributed by atoms with van der Waals surface area (Å²) in [5.41, 5.74) is 6.67. The molecular weight excluding hydrogens is 359 g/mol. The molecule has 2 aromatic rings. The molecule has 0 aliphatic carbocycles. The zero-order valence-electron chi connectivity index (χ0n) is 13.2. The van der Waals surface area contributed by atoms with Crippen LogP contribution in [0.1, 0.15) is 17.7 Å². The van der Waals surface area contributed by atoms with Gasteiger partial charge in [-0.3, -0.25) is 4.79 Å². The summed E-state index contributed by atoms with van der Waals surface area (Å²) < 4.78 is 41.5. The first kappa shape index (κ1) is 19.2. The van der Waals surface area contributed by atoms with Crippen molar-refractivity contribution < 1.29 is 18.0 Å². The monoisotopic (exact) mass is 375 g/mol. The molecule has 136 valence electrons. The normalized spacial score (nSPS) is 14.6. The number of benzene rings is 1. The molecule has 1 aliphatic heterocycles. The third kappa shape index (κ3) is 4.29. The third-order valence-corrected chi connectivity index (χ3v) is 3.99. The molecule has 0 unspecified atom stereocenters. The summed E-state index contributed by atoms with van der Waals surface area (Å²) in [6, 6.07) is 0.569. The quantitative estimate of drug-likeness (QED) is 0.820. The zero-order chi connectivity index (χ0) is 17.3. The molecule has 25 heavy (non-hydrogen) atoms. The van der Waals surface area contributed by atoms with Gasteiger partial charge in [-0.2, -0.15) is 0 Å². The molecule has 0 radical (unpaired) electrons. The average Bonchev–Trinajstić information content (AvgIpc) is 3.00. The van der Waals surface area contributed by atoms with Gasteiger partial charge < -0.3 is 10.6 Å². The highest BCUT2D eigenvalue weighted by atomic mass is 35.5. The predicted octanol–water partition coefficient (Wildman–Crippen LogP) is 1.42. The second kappa shape index (κ2) is 7.83. The van der Waals surface area contributed by atoms with Crippen molar-refractivity contribution in [3.05, 3.63) is 47.0 Å². The second-order valence-corrected chi connectivity index (χ2v) is 5.79. The van der Waals surface area contributed by atoms with Gasteiger partial charge in [0.25, 0.3) is 0 Å². The Labute approximate surface area is 148 Å². The van der Waals surface area contributed by atoms with Crippen molar-refractivity contribution in [3.8, 4) is 0 Å². The van der Waals surface area contributed by atoms with Crippen LogP contribution in [0.15, 0.2) is 18.3 Å². The maximum absolute atomic E-state index is 13.6. The molecule has 2 heterocycles. The van der Waals surface area contributed by atoms with Crippen molar-refractivity contribution in [1.82, 2.24) is 19.9 Å². The number of halogens is 4. The van der Waals surface area contributed by atoms with Crippen molar-refractivity contribution in [2.24, 2.45) is 5.73 Å². The standard InChI is InChI=1S/C15H16F3N5O.ClH/c16-12-6-14(18)13(17)4-9(12)3-10(19)5-15(24)22-1-2-23-11(8-22)7-20-21-23;/h4,6-7,10H,1-3,5,8,19H2;1H/t10-;/m1./s1. The van der Waals surface area contributed by atoms with Crippen LogP contribution in [0.5, 0.6) is 0 Å². The van der Waals surface area contributed by atoms with Gasteiger partial charge >= 0.3 is 0 Å². The summed E-state index contributed by atoms with van der Waals surface area (Å²) >= 11 is 0. The van der Waals surface area contributed by atoms with E-state index in [0.29, 0.717) is 25.7 Å². The fourth-order valence-corrected chi connectivity index (χ4v) is 2.72. The summed E-state index contributed by atoms with van der Waals surface area (Å²) in [5.74, 6) is -3.44. The summed E-state index contributed by atoms with van der Waals surface area (Å²) in [4.78, 5) is 13.9. The Bertz CT molecular complexity index is 770. The van der Waals surface area contributed by atoms with Gasteiger partial charge in [-0.25, -0.2) is 17.9 Å². The van der Waals surface area contributed by atoms with Gasteiger partial charge in [0.15, 0.2) is 11.6 Å². The molecule has 10 heteroatoms. The number of carbonyl (C=O) groups excluding carboxylic acids is 1. The van der Waals surface area contributed by atoms with Crippen molar-refractivity contribution in [2.45, 2.75) is 32.0 Å². The van der Waals surface area contributed by atoms with Crippen LogP contribution < -0.4 is 5.73 Å². The second-order valence-electron chi connectivity index (χ2n) is 5.79. The number of aromatic nitrogens is 3. The van der Waals surface area contributed by atoms with E-state index in [1.54, 1.807) is 15.8 Å². The maximum atomic E-state index is 13.6. The van der Waals surface area contributed by atoms with E-state index >= 15 is 0 Å². The van der Waals surface area contributed by atoms with Gasteiger partial charge in [-0.1, -0.05) is 5.21 Å². The number of carbonyl (C=O) groups is 1. The van der Waals surface area contributed by atoms with Crippen molar-refractivity contribution >= 4 is 18.3 Å². The highest BCUT2D eigenvalue weighted by molar-refractivity contribution is 5.85. The maximum Gasteiger partial charge on any atom is 0.224 e. The van der Waals surface area contributed by atoms with Crippen molar-refractivity contribution in [2.75, 3.05) is 6.54 Å². The van der Waals surface area contributed by atoms with E-state index in [9.17, 15) is 18.0 Å². The predicted molar refractivity (Wildman–Crippen MR) is 85.3 cm³/mol. The van der Waals surface area contributed by atoms with Crippen LogP contribution in [0.4, 0.5) is 13.2 Å². The van der Waals surface area contributed by atoms with E-state index < -0.39 is 23.5 Å². The first-order chi connectivity index (χ1) is 11.4. The van der Waals surface area contributed by atoms with Crippen LogP contribution in [0.2, 0.25) is 0 Å². The van der Waals surface area contributed by atoms with Crippen LogP contribution in [-0.2, 0) is 24.3 Å². The van der Waals surface area contributed by atoms with E-state index in [1.807, 2.05) is 0 Å². The fraction of sp³-hybridized carbons (Fsp3) is 0.400. The molecule has 1 atom stereocenters. The smallest absolute Gasteiger partial charge is 0.224 e. The van der Waals surface area contributed by atoms with Crippen LogP contribution in [0.3, 0.4) is 0 Å². The molecular formula is C15H17ClF3N5O. The third-order valence-electron chi connectivity index (χ3n) is 3.99. The molecule has 0 saturated carbocycles. The van der Waals surface area contributed by atoms with Crippen LogP contribution in [0, 0.1) is 17.5 Å². The van der Waals surface area contributed by atoms with Gasteiger partial charge in [0.05, 0.1) is 25.0 Å². The Morgan fingerprint density at radius 3 is 2.68 bits per heavy atom. The molecule has 6 nitrogen and oxygen atoms in total. The van der Waals surface area contributed by atoms with E-state index in [0.717, 1.165) is 11.8 Å². The van der Waals surface area contributed by atoms with Crippen LogP contribution in [0.25, 0.3) is 0 Å². The van der Waals surface area contributed by atoms with Gasteiger partial charge in [-0.05, 0) is 18.1 Å². The minimum absolute atomic E-state index is 0. The number of fused-ring (bicyclic) bond motifs is 1. The highest BCUT2D eigenvalue weighted by Crippen LogP contribution is 2.17. The van der Waals surface area contributed by atoms with E-state index in [1.165, 1.54) is 0 Å². The largest absolute Gasteiger partial charge is 0.335 e. The Morgan fingerprint density at radius 2 is 1.92 bits per heavy atom. The van der Waals surface area contributed by atoms with Gasteiger partial charge in [0.2, 0.25) is 5.91 Å². The van der Waals surface area contributed by atoms with Crippen molar-refractivity contribution in [1.29, 1.82) is 0 Å². The zero-order valence-corrected chi connectivity index (χ0v) is 14.0. The molecule has 0 fully saturated rings. The van der Waals surface area contributed by atoms with Gasteiger partial charge in [0, 0.05) is 25.1 Å². The number of hydrogen-bond acceptors (Lipinski definition) is 4. The molecule has 1 amide bonds. The molecule has 2 N–H and O–H groups in total. The van der Waals surface area contributed by atoms with Crippen LogP contribution in [-0.4, -0.2) is 38.4 Å².